The van der Waals surface area contributed by atoms with Crippen LogP contribution in [-0.4, -0.2) is 43.6 Å². The minimum Gasteiger partial charge on any atom is -0.362 e. The Labute approximate surface area is 173 Å². The van der Waals surface area contributed by atoms with Crippen LogP contribution >= 0.6 is 11.6 Å². The monoisotopic (exact) mass is 430 g/mol. The number of hydrogen-bond acceptors (Lipinski definition) is 3. The molecule has 2 heterocycles. The second kappa shape index (κ2) is 7.53. The Kier molecular flexibility index (Phi) is 5.06. The summed E-state index contributed by atoms with van der Waals surface area (Å²) in [6.07, 6.45) is 1.52. The van der Waals surface area contributed by atoms with Crippen LogP contribution in [-0.2, 0) is 10.0 Å². The molecule has 3 aromatic rings. The van der Waals surface area contributed by atoms with Crippen LogP contribution in [0.5, 0.6) is 0 Å². The highest BCUT2D eigenvalue weighted by atomic mass is 35.5. The van der Waals surface area contributed by atoms with Crippen molar-refractivity contribution in [2.75, 3.05) is 18.9 Å². The number of carbonyl (C=O) groups is 1. The van der Waals surface area contributed by atoms with E-state index in [1.54, 1.807) is 36.4 Å². The van der Waals surface area contributed by atoms with Gasteiger partial charge in [-0.2, -0.15) is 8.42 Å². The Morgan fingerprint density at radius 2 is 2.03 bits per heavy atom. The molecule has 1 aliphatic heterocycles. The van der Waals surface area contributed by atoms with E-state index in [-0.39, 0.29) is 10.8 Å². The third kappa shape index (κ3) is 4.13. The molecule has 0 aliphatic carbocycles. The van der Waals surface area contributed by atoms with Crippen LogP contribution in [0, 0.1) is 0 Å². The average Bonchev–Trinajstić information content (AvgIpc) is 3.27. The molecule has 0 saturated carbocycles. The van der Waals surface area contributed by atoms with Crippen molar-refractivity contribution in [3.63, 3.8) is 0 Å². The average molecular weight is 431 g/mol. The first-order valence-corrected chi connectivity index (χ1v) is 10.9. The van der Waals surface area contributed by atoms with E-state index in [0.717, 1.165) is 23.9 Å². The number of nitrogens with zero attached hydrogens (tertiary/aromatic N) is 2. The number of anilines is 1. The zero-order chi connectivity index (χ0) is 20.6. The Balaban J connectivity index is 1.57. The Morgan fingerprint density at radius 3 is 2.79 bits per heavy atom. The summed E-state index contributed by atoms with van der Waals surface area (Å²) in [5, 5.41) is 4.12. The first kappa shape index (κ1) is 19.5. The number of likely N-dealkylation sites (tertiary alicyclic amines) is 1. The lowest BCUT2D eigenvalue weighted by molar-refractivity contribution is 0.102. The van der Waals surface area contributed by atoms with Crippen molar-refractivity contribution in [3.8, 4) is 0 Å². The summed E-state index contributed by atoms with van der Waals surface area (Å²) in [7, 11) is -2.03. The lowest BCUT2D eigenvalue weighted by atomic mass is 10.2. The number of H-pyrrole nitrogens is 1. The van der Waals surface area contributed by atoms with Gasteiger partial charge in [-0.15, -0.1) is 4.40 Å². The van der Waals surface area contributed by atoms with Crippen LogP contribution in [0.25, 0.3) is 10.9 Å². The molecule has 29 heavy (non-hydrogen) atoms. The molecule has 0 unspecified atom stereocenters. The summed E-state index contributed by atoms with van der Waals surface area (Å²) < 4.78 is 29.2. The van der Waals surface area contributed by atoms with Crippen molar-refractivity contribution < 1.29 is 13.2 Å². The minimum atomic E-state index is -3.85. The maximum atomic E-state index is 12.6. The van der Waals surface area contributed by atoms with Gasteiger partial charge >= 0.3 is 0 Å². The number of carbonyl (C=O) groups excluding carboxylic acids is 1. The standard InChI is InChI=1S/C20H19ClN4O3S/c1-25-9-3-6-19(25)24-29(27,28)16-5-2-4-15(12-16)22-20(26)18-11-13-10-14(21)7-8-17(13)23-18/h2,4-5,7-8,10-12,23H,3,6,9H2,1H3,(H,22,26). The number of amides is 1. The van der Waals surface area contributed by atoms with Gasteiger partial charge in [0.05, 0.1) is 4.90 Å². The van der Waals surface area contributed by atoms with Gasteiger partial charge in [0.1, 0.15) is 11.5 Å². The highest BCUT2D eigenvalue weighted by Crippen LogP contribution is 2.23. The van der Waals surface area contributed by atoms with Gasteiger partial charge in [-0.05, 0) is 48.9 Å². The number of rotatable bonds is 4. The van der Waals surface area contributed by atoms with E-state index >= 15 is 0 Å². The van der Waals surface area contributed by atoms with Gasteiger partial charge in [0.25, 0.3) is 15.9 Å². The molecule has 1 amide bonds. The number of fused-ring (bicyclic) bond motifs is 1. The lowest BCUT2D eigenvalue weighted by Gasteiger charge is -2.11. The molecular weight excluding hydrogens is 412 g/mol. The molecule has 0 atom stereocenters. The molecule has 0 bridgehead atoms. The highest BCUT2D eigenvalue weighted by Gasteiger charge is 2.21. The maximum Gasteiger partial charge on any atom is 0.284 e. The molecular formula is C20H19ClN4O3S. The Morgan fingerprint density at radius 1 is 1.21 bits per heavy atom. The summed E-state index contributed by atoms with van der Waals surface area (Å²) in [4.78, 5) is 17.5. The van der Waals surface area contributed by atoms with Crippen LogP contribution in [0.2, 0.25) is 5.02 Å². The Hall–Kier alpha value is -2.84. The van der Waals surface area contributed by atoms with E-state index in [1.165, 1.54) is 12.1 Å². The molecule has 1 aliphatic rings. The zero-order valence-electron chi connectivity index (χ0n) is 15.6. The highest BCUT2D eigenvalue weighted by molar-refractivity contribution is 7.90. The van der Waals surface area contributed by atoms with Crippen molar-refractivity contribution >= 4 is 50.0 Å². The zero-order valence-corrected chi connectivity index (χ0v) is 17.2. The fourth-order valence-electron chi connectivity index (χ4n) is 3.26. The molecule has 2 aromatic carbocycles. The number of amidine groups is 1. The Bertz CT molecular complexity index is 1230. The number of aromatic amines is 1. The van der Waals surface area contributed by atoms with Gasteiger partial charge in [-0.25, -0.2) is 0 Å². The molecule has 2 N–H and O–H groups in total. The van der Waals surface area contributed by atoms with Crippen molar-refractivity contribution in [2.45, 2.75) is 17.7 Å². The first-order valence-electron chi connectivity index (χ1n) is 9.06. The fraction of sp³-hybridized carbons (Fsp3) is 0.200. The normalized spacial score (nSPS) is 15.9. The summed E-state index contributed by atoms with van der Waals surface area (Å²) in [5.41, 5.74) is 1.50. The summed E-state index contributed by atoms with van der Waals surface area (Å²) >= 11 is 5.98. The van der Waals surface area contributed by atoms with Crippen LogP contribution < -0.4 is 5.32 Å². The van der Waals surface area contributed by atoms with E-state index in [0.29, 0.717) is 28.7 Å². The van der Waals surface area contributed by atoms with E-state index in [9.17, 15) is 13.2 Å². The molecule has 4 rings (SSSR count). The summed E-state index contributed by atoms with van der Waals surface area (Å²) in [6, 6.07) is 13.1. The molecule has 1 aromatic heterocycles. The second-order valence-electron chi connectivity index (χ2n) is 6.90. The van der Waals surface area contributed by atoms with Crippen molar-refractivity contribution in [1.29, 1.82) is 0 Å². The molecule has 1 fully saturated rings. The van der Waals surface area contributed by atoms with E-state index in [1.807, 2.05) is 11.9 Å². The molecule has 0 spiro atoms. The van der Waals surface area contributed by atoms with Crippen molar-refractivity contribution in [3.05, 3.63) is 59.2 Å². The number of hydrogen-bond donors (Lipinski definition) is 2. The third-order valence-corrected chi connectivity index (χ3v) is 6.31. The quantitative estimate of drug-likeness (QED) is 0.656. The smallest absolute Gasteiger partial charge is 0.284 e. The van der Waals surface area contributed by atoms with Gasteiger partial charge in [0.2, 0.25) is 0 Å². The molecule has 7 nitrogen and oxygen atoms in total. The lowest BCUT2D eigenvalue weighted by Crippen LogP contribution is -2.20. The minimum absolute atomic E-state index is 0.0338. The molecule has 150 valence electrons. The van der Waals surface area contributed by atoms with Crippen LogP contribution in [0.15, 0.2) is 57.8 Å². The van der Waals surface area contributed by atoms with Gasteiger partial charge < -0.3 is 15.2 Å². The van der Waals surface area contributed by atoms with Crippen molar-refractivity contribution in [2.24, 2.45) is 4.40 Å². The number of sulfonamides is 1. The SMILES string of the molecule is CN1CCCC1=NS(=O)(=O)c1cccc(NC(=O)c2cc3cc(Cl)ccc3[nH]2)c1. The topological polar surface area (TPSA) is 94.6 Å². The molecule has 1 saturated heterocycles. The summed E-state index contributed by atoms with van der Waals surface area (Å²) in [5.74, 6) is 0.171. The number of aromatic nitrogens is 1. The number of nitrogens with one attached hydrogen (secondary N) is 2. The van der Waals surface area contributed by atoms with E-state index < -0.39 is 10.0 Å². The van der Waals surface area contributed by atoms with Crippen molar-refractivity contribution in [1.82, 2.24) is 9.88 Å². The van der Waals surface area contributed by atoms with Gasteiger partial charge in [-0.1, -0.05) is 17.7 Å². The predicted octanol–water partition coefficient (Wildman–Crippen LogP) is 3.89. The number of benzene rings is 2. The van der Waals surface area contributed by atoms with Crippen LogP contribution in [0.3, 0.4) is 0 Å². The van der Waals surface area contributed by atoms with E-state index in [2.05, 4.69) is 14.7 Å². The van der Waals surface area contributed by atoms with Crippen LogP contribution in [0.1, 0.15) is 23.3 Å². The maximum absolute atomic E-state index is 12.6. The number of halogens is 1. The van der Waals surface area contributed by atoms with Crippen LogP contribution in [0.4, 0.5) is 5.69 Å². The van der Waals surface area contributed by atoms with Gasteiger partial charge in [0.15, 0.2) is 0 Å². The van der Waals surface area contributed by atoms with E-state index in [4.69, 9.17) is 11.6 Å². The molecule has 0 radical (unpaired) electrons. The fourth-order valence-corrected chi connectivity index (χ4v) is 4.58. The third-order valence-electron chi connectivity index (χ3n) is 4.78. The summed E-state index contributed by atoms with van der Waals surface area (Å²) in [6.45, 7) is 0.792. The van der Waals surface area contributed by atoms with Gasteiger partial charge in [-0.3, -0.25) is 4.79 Å². The predicted molar refractivity (Wildman–Crippen MR) is 114 cm³/mol. The molecule has 9 heteroatoms. The first-order chi connectivity index (χ1) is 13.8. The second-order valence-corrected chi connectivity index (χ2v) is 8.94. The largest absolute Gasteiger partial charge is 0.362 e. The van der Waals surface area contributed by atoms with Gasteiger partial charge in [0, 0.05) is 41.6 Å².